The van der Waals surface area contributed by atoms with Gasteiger partial charge >= 0.3 is 0 Å². The third kappa shape index (κ3) is 3.69. The van der Waals surface area contributed by atoms with Crippen LogP contribution in [-0.2, 0) is 9.59 Å². The highest BCUT2D eigenvalue weighted by molar-refractivity contribution is 6.46. The van der Waals surface area contributed by atoms with Crippen molar-refractivity contribution < 1.29 is 23.5 Å². The molecule has 0 radical (unpaired) electrons. The maximum Gasteiger partial charge on any atom is 0.282 e. The Bertz CT molecular complexity index is 1230. The van der Waals surface area contributed by atoms with E-state index < -0.39 is 17.6 Å². The van der Waals surface area contributed by atoms with Crippen LogP contribution in [0.4, 0.5) is 15.8 Å². The first-order valence-corrected chi connectivity index (χ1v) is 9.88. The normalized spacial score (nSPS) is 13.6. The second kappa shape index (κ2) is 8.55. The Morgan fingerprint density at radius 1 is 0.844 bits per heavy atom. The van der Waals surface area contributed by atoms with Gasteiger partial charge in [-0.1, -0.05) is 24.3 Å². The van der Waals surface area contributed by atoms with Crippen LogP contribution < -0.4 is 19.7 Å². The number of nitrogens with zero attached hydrogens (tertiary/aromatic N) is 1. The van der Waals surface area contributed by atoms with E-state index in [0.29, 0.717) is 28.4 Å². The second-order valence-corrected chi connectivity index (χ2v) is 7.20. The number of hydrogen-bond acceptors (Lipinski definition) is 5. The molecule has 6 nitrogen and oxygen atoms in total. The number of amides is 2. The van der Waals surface area contributed by atoms with Gasteiger partial charge in [-0.05, 0) is 55.0 Å². The second-order valence-electron chi connectivity index (χ2n) is 7.20. The fourth-order valence-electron chi connectivity index (χ4n) is 3.62. The lowest BCUT2D eigenvalue weighted by Gasteiger charge is -2.19. The van der Waals surface area contributed by atoms with Crippen LogP contribution in [-0.4, -0.2) is 26.0 Å². The number of aryl methyl sites for hydroxylation is 1. The average Bonchev–Trinajstić information content (AvgIpc) is 3.04. The molecule has 3 aromatic rings. The quantitative estimate of drug-likeness (QED) is 0.579. The average molecular weight is 432 g/mol. The van der Waals surface area contributed by atoms with Crippen molar-refractivity contribution in [2.45, 2.75) is 6.92 Å². The molecule has 0 atom stereocenters. The molecular formula is C25H21FN2O4. The number of carbonyl (C=O) groups is 2. The highest BCUT2D eigenvalue weighted by Crippen LogP contribution is 2.40. The molecule has 1 heterocycles. The Morgan fingerprint density at radius 3 is 2.22 bits per heavy atom. The number of ether oxygens (including phenoxy) is 2. The zero-order valence-corrected chi connectivity index (χ0v) is 17.8. The lowest BCUT2D eigenvalue weighted by molar-refractivity contribution is -0.120. The lowest BCUT2D eigenvalue weighted by Crippen LogP contribution is -2.32. The van der Waals surface area contributed by atoms with Gasteiger partial charge in [-0.25, -0.2) is 9.29 Å². The van der Waals surface area contributed by atoms with E-state index in [-0.39, 0.29) is 11.3 Å². The first kappa shape index (κ1) is 21.1. The molecule has 0 unspecified atom stereocenters. The summed E-state index contributed by atoms with van der Waals surface area (Å²) >= 11 is 0. The molecule has 2 amide bonds. The molecule has 0 aromatic heterocycles. The molecule has 3 aromatic carbocycles. The minimum Gasteiger partial charge on any atom is -0.496 e. The van der Waals surface area contributed by atoms with Crippen LogP contribution in [0.2, 0.25) is 0 Å². The minimum absolute atomic E-state index is 0.0645. The summed E-state index contributed by atoms with van der Waals surface area (Å²) < 4.78 is 24.2. The van der Waals surface area contributed by atoms with Gasteiger partial charge in [0.25, 0.3) is 11.8 Å². The fourth-order valence-corrected chi connectivity index (χ4v) is 3.62. The van der Waals surface area contributed by atoms with Crippen LogP contribution >= 0.6 is 0 Å². The fraction of sp³-hybridized carbons (Fsp3) is 0.120. The summed E-state index contributed by atoms with van der Waals surface area (Å²) in [5, 5.41) is 3.00. The zero-order chi connectivity index (χ0) is 22.8. The van der Waals surface area contributed by atoms with Crippen molar-refractivity contribution in [3.05, 3.63) is 89.4 Å². The Hall–Kier alpha value is -4.13. The summed E-state index contributed by atoms with van der Waals surface area (Å²) in [6.45, 7) is 1.86. The summed E-state index contributed by atoms with van der Waals surface area (Å²) in [5.74, 6) is -0.647. The number of methoxy groups -OCH3 is 2. The van der Waals surface area contributed by atoms with Crippen molar-refractivity contribution in [3.63, 3.8) is 0 Å². The molecule has 4 rings (SSSR count). The van der Waals surface area contributed by atoms with Crippen LogP contribution in [0.5, 0.6) is 11.5 Å². The van der Waals surface area contributed by atoms with Gasteiger partial charge in [-0.2, -0.15) is 0 Å². The zero-order valence-electron chi connectivity index (χ0n) is 17.8. The molecule has 0 fully saturated rings. The number of anilines is 2. The van der Waals surface area contributed by atoms with E-state index in [2.05, 4.69) is 5.32 Å². The molecule has 7 heteroatoms. The molecular weight excluding hydrogens is 411 g/mol. The number of halogens is 1. The molecule has 0 saturated heterocycles. The van der Waals surface area contributed by atoms with Crippen LogP contribution in [0, 0.1) is 12.7 Å². The topological polar surface area (TPSA) is 67.9 Å². The molecule has 1 aliphatic heterocycles. The van der Waals surface area contributed by atoms with Gasteiger partial charge in [0, 0.05) is 11.3 Å². The molecule has 32 heavy (non-hydrogen) atoms. The first-order chi connectivity index (χ1) is 15.4. The Kier molecular flexibility index (Phi) is 5.64. The summed E-state index contributed by atoms with van der Waals surface area (Å²) in [7, 11) is 2.97. The van der Waals surface area contributed by atoms with Gasteiger partial charge in [0.2, 0.25) is 0 Å². The smallest absolute Gasteiger partial charge is 0.282 e. The largest absolute Gasteiger partial charge is 0.496 e. The maximum atomic E-state index is 13.7. The predicted octanol–water partition coefficient (Wildman–Crippen LogP) is 4.55. The van der Waals surface area contributed by atoms with Crippen molar-refractivity contribution in [1.29, 1.82) is 0 Å². The third-order valence-corrected chi connectivity index (χ3v) is 5.15. The number of hydrogen-bond donors (Lipinski definition) is 1. The highest BCUT2D eigenvalue weighted by Gasteiger charge is 2.42. The number of benzene rings is 3. The number of para-hydroxylation sites is 1. The molecule has 0 bridgehead atoms. The molecule has 1 N–H and O–H groups in total. The van der Waals surface area contributed by atoms with Gasteiger partial charge in [0.15, 0.2) is 0 Å². The first-order valence-electron chi connectivity index (χ1n) is 9.88. The highest BCUT2D eigenvalue weighted by atomic mass is 19.1. The van der Waals surface area contributed by atoms with Crippen LogP contribution in [0.1, 0.15) is 11.1 Å². The van der Waals surface area contributed by atoms with E-state index in [1.165, 1.54) is 38.5 Å². The van der Waals surface area contributed by atoms with Crippen LogP contribution in [0.3, 0.4) is 0 Å². The summed E-state index contributed by atoms with van der Waals surface area (Å²) in [4.78, 5) is 28.3. The molecule has 0 saturated carbocycles. The Labute approximate surface area is 184 Å². The number of rotatable bonds is 6. The van der Waals surface area contributed by atoms with Gasteiger partial charge < -0.3 is 14.8 Å². The standard InChI is InChI=1S/C25H21FN2O4/c1-15-8-13-21(32-3)19(14-15)28-24(29)22(18-6-4-5-7-20(18)31-2)23(25(28)30)27-17-11-9-16(26)10-12-17/h4-14,27H,1-3H3. The molecule has 1 aliphatic rings. The van der Waals surface area contributed by atoms with Gasteiger partial charge in [-0.3, -0.25) is 9.59 Å². The summed E-state index contributed by atoms with van der Waals surface area (Å²) in [6.07, 6.45) is 0. The van der Waals surface area contributed by atoms with Gasteiger partial charge in [-0.15, -0.1) is 0 Å². The SMILES string of the molecule is COc1ccccc1C1=C(Nc2ccc(F)cc2)C(=O)N(c2cc(C)ccc2OC)C1=O. The molecule has 162 valence electrons. The van der Waals surface area contributed by atoms with Crippen molar-refractivity contribution in [2.75, 3.05) is 24.4 Å². The summed E-state index contributed by atoms with van der Waals surface area (Å²) in [5.41, 5.74) is 2.35. The van der Waals surface area contributed by atoms with E-state index >= 15 is 0 Å². The van der Waals surface area contributed by atoms with Crippen molar-refractivity contribution >= 4 is 28.8 Å². The van der Waals surface area contributed by atoms with Crippen molar-refractivity contribution in [1.82, 2.24) is 0 Å². The van der Waals surface area contributed by atoms with Gasteiger partial charge in [0.1, 0.15) is 23.0 Å². The summed E-state index contributed by atoms with van der Waals surface area (Å²) in [6, 6.07) is 17.8. The number of nitrogens with one attached hydrogen (secondary N) is 1. The Morgan fingerprint density at radius 2 is 1.53 bits per heavy atom. The number of carbonyl (C=O) groups excluding carboxylic acids is 2. The van der Waals surface area contributed by atoms with Gasteiger partial charge in [0.05, 0.1) is 25.5 Å². The van der Waals surface area contributed by atoms with Crippen molar-refractivity contribution in [2.24, 2.45) is 0 Å². The predicted molar refractivity (Wildman–Crippen MR) is 120 cm³/mol. The van der Waals surface area contributed by atoms with E-state index in [9.17, 15) is 14.0 Å². The van der Waals surface area contributed by atoms with Crippen LogP contribution in [0.15, 0.2) is 72.4 Å². The lowest BCUT2D eigenvalue weighted by atomic mass is 10.0. The maximum absolute atomic E-state index is 13.7. The minimum atomic E-state index is -0.552. The number of imide groups is 1. The third-order valence-electron chi connectivity index (χ3n) is 5.15. The van der Waals surface area contributed by atoms with E-state index in [1.807, 2.05) is 13.0 Å². The molecule has 0 aliphatic carbocycles. The van der Waals surface area contributed by atoms with E-state index in [4.69, 9.17) is 9.47 Å². The van der Waals surface area contributed by atoms with Crippen molar-refractivity contribution in [3.8, 4) is 11.5 Å². The van der Waals surface area contributed by atoms with Crippen LogP contribution in [0.25, 0.3) is 5.57 Å². The Balaban J connectivity index is 1.89. The monoisotopic (exact) mass is 432 g/mol. The van der Waals surface area contributed by atoms with E-state index in [1.54, 1.807) is 36.4 Å². The van der Waals surface area contributed by atoms with E-state index in [0.717, 1.165) is 10.5 Å². The molecule has 0 spiro atoms.